The van der Waals surface area contributed by atoms with Crippen molar-refractivity contribution in [2.45, 2.75) is 52.5 Å². The van der Waals surface area contributed by atoms with E-state index in [1.54, 1.807) is 0 Å². The molecule has 0 aliphatic rings. The maximum atomic E-state index is 12.3. The van der Waals surface area contributed by atoms with E-state index in [1.165, 1.54) is 16.1 Å². The number of anilines is 1. The second-order valence-electron chi connectivity index (χ2n) is 7.70. The number of hydrogen-bond donors (Lipinski definition) is 1. The molecule has 0 heterocycles. The largest absolute Gasteiger partial charge is 0.354 e. The average Bonchev–Trinajstić information content (AvgIpc) is 2.66. The molecule has 0 bridgehead atoms. The van der Waals surface area contributed by atoms with E-state index < -0.39 is 10.0 Å². The van der Waals surface area contributed by atoms with Crippen LogP contribution in [-0.4, -0.2) is 33.2 Å². The first-order valence-corrected chi connectivity index (χ1v) is 11.9. The average molecular weight is 417 g/mol. The number of carbonyl (C=O) groups excluding carboxylic acids is 1. The molecule has 0 saturated carbocycles. The number of hydrogen-bond acceptors (Lipinski definition) is 3. The van der Waals surface area contributed by atoms with Gasteiger partial charge in [-0.15, -0.1) is 0 Å². The van der Waals surface area contributed by atoms with Crippen molar-refractivity contribution in [2.75, 3.05) is 17.1 Å². The lowest BCUT2D eigenvalue weighted by Crippen LogP contribution is -2.35. The van der Waals surface area contributed by atoms with E-state index in [4.69, 9.17) is 0 Å². The van der Waals surface area contributed by atoms with Gasteiger partial charge in [0, 0.05) is 19.0 Å². The van der Waals surface area contributed by atoms with E-state index in [0.29, 0.717) is 18.5 Å². The smallest absolute Gasteiger partial charge is 0.232 e. The molecular weight excluding hydrogens is 384 g/mol. The third kappa shape index (κ3) is 7.54. The van der Waals surface area contributed by atoms with Gasteiger partial charge in [0.05, 0.1) is 11.9 Å². The van der Waals surface area contributed by atoms with Crippen molar-refractivity contribution in [2.24, 2.45) is 0 Å². The number of sulfonamides is 1. The number of nitrogens with one attached hydrogen (secondary N) is 1. The lowest BCUT2D eigenvalue weighted by molar-refractivity contribution is -0.121. The fourth-order valence-electron chi connectivity index (χ4n) is 3.20. The molecule has 2 aromatic carbocycles. The minimum Gasteiger partial charge on any atom is -0.354 e. The molecule has 5 nitrogen and oxygen atoms in total. The van der Waals surface area contributed by atoms with Crippen molar-refractivity contribution in [1.29, 1.82) is 0 Å². The van der Waals surface area contributed by atoms with Crippen LogP contribution in [0.15, 0.2) is 48.5 Å². The quantitative estimate of drug-likeness (QED) is 0.637. The molecule has 0 aromatic heterocycles. The summed E-state index contributed by atoms with van der Waals surface area (Å²) in [4.78, 5) is 12.3. The van der Waals surface area contributed by atoms with E-state index in [2.05, 4.69) is 17.4 Å². The summed E-state index contributed by atoms with van der Waals surface area (Å²) >= 11 is 0. The van der Waals surface area contributed by atoms with E-state index in [1.807, 2.05) is 57.2 Å². The van der Waals surface area contributed by atoms with Crippen molar-refractivity contribution in [3.05, 3.63) is 65.2 Å². The fourth-order valence-corrected chi connectivity index (χ4v) is 4.15. The first kappa shape index (κ1) is 22.9. The molecule has 6 heteroatoms. The van der Waals surface area contributed by atoms with Crippen LogP contribution in [0.1, 0.15) is 42.9 Å². The Hall–Kier alpha value is -2.34. The van der Waals surface area contributed by atoms with Gasteiger partial charge in [0.25, 0.3) is 0 Å². The molecule has 1 amide bonds. The summed E-state index contributed by atoms with van der Waals surface area (Å²) in [7, 11) is -3.41. The molecule has 0 saturated heterocycles. The number of aryl methyl sites for hydroxylation is 3. The van der Waals surface area contributed by atoms with Gasteiger partial charge in [-0.05, 0) is 68.9 Å². The Morgan fingerprint density at radius 1 is 1.07 bits per heavy atom. The first-order valence-electron chi connectivity index (χ1n) is 10.0. The van der Waals surface area contributed by atoms with Crippen LogP contribution >= 0.6 is 0 Å². The van der Waals surface area contributed by atoms with Gasteiger partial charge in [-0.1, -0.05) is 36.4 Å². The number of amides is 1. The molecule has 1 N–H and O–H groups in total. The number of benzene rings is 2. The maximum Gasteiger partial charge on any atom is 0.232 e. The summed E-state index contributed by atoms with van der Waals surface area (Å²) in [6.07, 6.45) is 3.75. The van der Waals surface area contributed by atoms with Gasteiger partial charge in [-0.2, -0.15) is 0 Å². The standard InChI is InChI=1S/C23H32N2O3S/c1-18-12-15-22(17-19(18)2)25(29(4,27)28)16-8-11-23(26)24-20(3)13-14-21-9-6-5-7-10-21/h5-7,9-10,12,15,17,20H,8,11,13-14,16H2,1-4H3,(H,24,26)/t20-/m0/s1. The van der Waals surface area contributed by atoms with Gasteiger partial charge in [0.15, 0.2) is 0 Å². The van der Waals surface area contributed by atoms with Crippen LogP contribution in [0.4, 0.5) is 5.69 Å². The highest BCUT2D eigenvalue weighted by atomic mass is 32.2. The minimum atomic E-state index is -3.41. The highest BCUT2D eigenvalue weighted by Gasteiger charge is 2.18. The zero-order valence-corrected chi connectivity index (χ0v) is 18.6. The van der Waals surface area contributed by atoms with Gasteiger partial charge in [0.2, 0.25) is 15.9 Å². The molecule has 0 unspecified atom stereocenters. The molecule has 0 spiro atoms. The summed E-state index contributed by atoms with van der Waals surface area (Å²) in [6, 6.07) is 15.9. The third-order valence-electron chi connectivity index (χ3n) is 5.06. The summed E-state index contributed by atoms with van der Waals surface area (Å²) in [5.41, 5.74) is 4.06. The Morgan fingerprint density at radius 2 is 1.76 bits per heavy atom. The highest BCUT2D eigenvalue weighted by molar-refractivity contribution is 7.92. The van der Waals surface area contributed by atoms with Crippen LogP contribution in [0.2, 0.25) is 0 Å². The summed E-state index contributed by atoms with van der Waals surface area (Å²) in [6.45, 7) is 6.24. The second kappa shape index (κ2) is 10.4. The van der Waals surface area contributed by atoms with Gasteiger partial charge >= 0.3 is 0 Å². The van der Waals surface area contributed by atoms with Gasteiger partial charge in [-0.25, -0.2) is 8.42 Å². The molecule has 1 atom stereocenters. The topological polar surface area (TPSA) is 66.5 Å². The molecule has 0 fully saturated rings. The number of nitrogens with zero attached hydrogens (tertiary/aromatic N) is 1. The predicted octanol–water partition coefficient (Wildman–Crippen LogP) is 3.99. The maximum absolute atomic E-state index is 12.3. The SMILES string of the molecule is Cc1ccc(N(CCCC(=O)N[C@@H](C)CCc2ccccc2)S(C)(=O)=O)cc1C. The number of rotatable bonds is 10. The summed E-state index contributed by atoms with van der Waals surface area (Å²) in [5.74, 6) is -0.0425. The molecular formula is C23H32N2O3S. The van der Waals surface area contributed by atoms with E-state index >= 15 is 0 Å². The van der Waals surface area contributed by atoms with E-state index in [9.17, 15) is 13.2 Å². The van der Waals surface area contributed by atoms with Crippen LogP contribution in [0, 0.1) is 13.8 Å². The van der Waals surface area contributed by atoms with Gasteiger partial charge in [0.1, 0.15) is 0 Å². The Kier molecular flexibility index (Phi) is 8.26. The minimum absolute atomic E-state index is 0.0425. The van der Waals surface area contributed by atoms with Crippen LogP contribution in [0.5, 0.6) is 0 Å². The van der Waals surface area contributed by atoms with Crippen molar-refractivity contribution in [3.8, 4) is 0 Å². The summed E-state index contributed by atoms with van der Waals surface area (Å²) in [5, 5.41) is 3.01. The van der Waals surface area contributed by atoms with E-state index in [-0.39, 0.29) is 18.5 Å². The molecule has 2 rings (SSSR count). The van der Waals surface area contributed by atoms with Gasteiger partial charge < -0.3 is 5.32 Å². The van der Waals surface area contributed by atoms with Crippen LogP contribution < -0.4 is 9.62 Å². The molecule has 29 heavy (non-hydrogen) atoms. The lowest BCUT2D eigenvalue weighted by Gasteiger charge is -2.23. The Labute approximate surface area is 175 Å². The van der Waals surface area contributed by atoms with E-state index in [0.717, 1.165) is 24.0 Å². The molecule has 0 radical (unpaired) electrons. The monoisotopic (exact) mass is 416 g/mol. The Bertz CT molecular complexity index is 911. The van der Waals surface area contributed by atoms with Crippen molar-refractivity contribution < 1.29 is 13.2 Å². The van der Waals surface area contributed by atoms with Crippen LogP contribution in [-0.2, 0) is 21.2 Å². The highest BCUT2D eigenvalue weighted by Crippen LogP contribution is 2.21. The normalized spacial score (nSPS) is 12.4. The van der Waals surface area contributed by atoms with Crippen molar-refractivity contribution in [3.63, 3.8) is 0 Å². The third-order valence-corrected chi connectivity index (χ3v) is 6.25. The number of carbonyl (C=O) groups is 1. The van der Waals surface area contributed by atoms with Crippen LogP contribution in [0.25, 0.3) is 0 Å². The molecule has 0 aliphatic carbocycles. The van der Waals surface area contributed by atoms with Gasteiger partial charge in [-0.3, -0.25) is 9.10 Å². The Balaban J connectivity index is 1.83. The lowest BCUT2D eigenvalue weighted by atomic mass is 10.1. The van der Waals surface area contributed by atoms with Crippen molar-refractivity contribution in [1.82, 2.24) is 5.32 Å². The van der Waals surface area contributed by atoms with Crippen molar-refractivity contribution >= 4 is 21.6 Å². The zero-order valence-electron chi connectivity index (χ0n) is 17.8. The zero-order chi connectivity index (χ0) is 21.4. The predicted molar refractivity (Wildman–Crippen MR) is 120 cm³/mol. The van der Waals surface area contributed by atoms with Crippen LogP contribution in [0.3, 0.4) is 0 Å². The first-order chi connectivity index (χ1) is 13.7. The summed E-state index contributed by atoms with van der Waals surface area (Å²) < 4.78 is 25.8. The fraction of sp³-hybridized carbons (Fsp3) is 0.435. The molecule has 158 valence electrons. The second-order valence-corrected chi connectivity index (χ2v) is 9.61. The molecule has 2 aromatic rings. The molecule has 0 aliphatic heterocycles. The Morgan fingerprint density at radius 3 is 2.38 bits per heavy atom.